The summed E-state index contributed by atoms with van der Waals surface area (Å²) in [6.07, 6.45) is 0. The molecule has 3 rings (SSSR count). The Morgan fingerprint density at radius 3 is 2.39 bits per heavy atom. The summed E-state index contributed by atoms with van der Waals surface area (Å²) in [5, 5.41) is 0. The van der Waals surface area contributed by atoms with Gasteiger partial charge < -0.3 is 4.90 Å². The Kier molecular flexibility index (Phi) is 2.49. The van der Waals surface area contributed by atoms with Crippen LogP contribution in [0.25, 0.3) is 5.70 Å². The third kappa shape index (κ3) is 1.63. The molecule has 0 atom stereocenters. The summed E-state index contributed by atoms with van der Waals surface area (Å²) < 4.78 is 0. The van der Waals surface area contributed by atoms with Gasteiger partial charge in [-0.05, 0) is 17.2 Å². The molecule has 2 heteroatoms. The van der Waals surface area contributed by atoms with Crippen molar-refractivity contribution in [3.63, 3.8) is 0 Å². The fourth-order valence-corrected chi connectivity index (χ4v) is 2.26. The number of amides is 1. The van der Waals surface area contributed by atoms with Crippen molar-refractivity contribution in [3.05, 3.63) is 77.9 Å². The van der Waals surface area contributed by atoms with Crippen LogP contribution in [-0.4, -0.2) is 10.8 Å². The van der Waals surface area contributed by atoms with Crippen LogP contribution in [0.15, 0.2) is 61.2 Å². The van der Waals surface area contributed by atoms with E-state index >= 15 is 0 Å². The summed E-state index contributed by atoms with van der Waals surface area (Å²) in [6, 6.07) is 17.5. The van der Waals surface area contributed by atoms with Crippen LogP contribution in [0.3, 0.4) is 0 Å². The lowest BCUT2D eigenvalue weighted by molar-refractivity contribution is 0.0855. The van der Waals surface area contributed by atoms with Crippen LogP contribution in [-0.2, 0) is 6.54 Å². The zero-order valence-corrected chi connectivity index (χ0v) is 9.97. The third-order valence-electron chi connectivity index (χ3n) is 3.25. The van der Waals surface area contributed by atoms with E-state index in [2.05, 4.69) is 6.58 Å². The molecular formula is C16H13NO. The number of fused-ring (bicyclic) bond motifs is 1. The predicted molar refractivity (Wildman–Crippen MR) is 71.8 cm³/mol. The molecule has 2 aromatic carbocycles. The van der Waals surface area contributed by atoms with E-state index in [9.17, 15) is 4.79 Å². The van der Waals surface area contributed by atoms with Crippen molar-refractivity contribution >= 4 is 11.6 Å². The Morgan fingerprint density at radius 1 is 1.00 bits per heavy atom. The summed E-state index contributed by atoms with van der Waals surface area (Å²) in [5.74, 6) is 0.0412. The van der Waals surface area contributed by atoms with E-state index in [0.717, 1.165) is 22.4 Å². The molecule has 0 saturated carbocycles. The van der Waals surface area contributed by atoms with Gasteiger partial charge in [-0.25, -0.2) is 0 Å². The number of hydrogen-bond acceptors (Lipinski definition) is 1. The van der Waals surface area contributed by atoms with E-state index in [0.29, 0.717) is 6.54 Å². The Balaban J connectivity index is 1.94. The fraction of sp³-hybridized carbons (Fsp3) is 0.0625. The molecule has 0 spiro atoms. The second-order valence-electron chi connectivity index (χ2n) is 4.36. The average molecular weight is 235 g/mol. The molecule has 18 heavy (non-hydrogen) atoms. The lowest BCUT2D eigenvalue weighted by Gasteiger charge is -2.18. The van der Waals surface area contributed by atoms with Gasteiger partial charge in [-0.2, -0.15) is 0 Å². The molecule has 0 radical (unpaired) electrons. The van der Waals surface area contributed by atoms with Gasteiger partial charge in [0.2, 0.25) is 0 Å². The lowest BCUT2D eigenvalue weighted by Crippen LogP contribution is -2.21. The van der Waals surface area contributed by atoms with E-state index in [1.807, 2.05) is 54.6 Å². The second kappa shape index (κ2) is 4.15. The van der Waals surface area contributed by atoms with Crippen molar-refractivity contribution in [2.75, 3.05) is 0 Å². The minimum atomic E-state index is 0.0412. The van der Waals surface area contributed by atoms with Crippen molar-refractivity contribution in [2.24, 2.45) is 0 Å². The molecule has 0 fully saturated rings. The zero-order chi connectivity index (χ0) is 12.5. The van der Waals surface area contributed by atoms with Crippen molar-refractivity contribution < 1.29 is 4.79 Å². The van der Waals surface area contributed by atoms with Gasteiger partial charge in [0.25, 0.3) is 5.91 Å². The zero-order valence-electron chi connectivity index (χ0n) is 9.97. The monoisotopic (exact) mass is 235 g/mol. The Bertz CT molecular complexity index is 616. The van der Waals surface area contributed by atoms with Crippen LogP contribution in [0.4, 0.5) is 0 Å². The number of carbonyl (C=O) groups excluding carboxylic acids is 1. The van der Waals surface area contributed by atoms with Crippen LogP contribution in [0.1, 0.15) is 21.5 Å². The highest BCUT2D eigenvalue weighted by molar-refractivity contribution is 6.03. The molecule has 1 aliphatic rings. The molecule has 0 aliphatic carbocycles. The highest BCUT2D eigenvalue weighted by atomic mass is 16.2. The van der Waals surface area contributed by atoms with Gasteiger partial charge in [-0.1, -0.05) is 55.1 Å². The first-order valence-corrected chi connectivity index (χ1v) is 5.91. The Morgan fingerprint density at radius 2 is 1.67 bits per heavy atom. The van der Waals surface area contributed by atoms with Gasteiger partial charge in [0.15, 0.2) is 0 Å². The number of benzene rings is 2. The maximum Gasteiger partial charge on any atom is 0.258 e. The molecule has 0 bridgehead atoms. The minimum Gasteiger partial charge on any atom is -0.304 e. The van der Waals surface area contributed by atoms with E-state index in [4.69, 9.17) is 0 Å². The summed E-state index contributed by atoms with van der Waals surface area (Å²) in [6.45, 7) is 4.66. The molecule has 0 N–H and O–H groups in total. The van der Waals surface area contributed by atoms with Crippen LogP contribution in [0.2, 0.25) is 0 Å². The molecular weight excluding hydrogens is 222 g/mol. The van der Waals surface area contributed by atoms with Gasteiger partial charge in [-0.15, -0.1) is 0 Å². The van der Waals surface area contributed by atoms with Crippen LogP contribution >= 0.6 is 0 Å². The maximum absolute atomic E-state index is 12.3. The standard InChI is InChI=1S/C16H13NO/c1-12(13-7-3-2-4-8-13)17-11-14-9-5-6-10-15(14)16(17)18/h2-10H,1,11H2. The van der Waals surface area contributed by atoms with Crippen molar-refractivity contribution in [2.45, 2.75) is 6.54 Å². The maximum atomic E-state index is 12.3. The minimum absolute atomic E-state index is 0.0412. The molecule has 2 aromatic rings. The first-order chi connectivity index (χ1) is 8.77. The third-order valence-corrected chi connectivity index (χ3v) is 3.25. The van der Waals surface area contributed by atoms with Gasteiger partial charge in [0.1, 0.15) is 0 Å². The van der Waals surface area contributed by atoms with Gasteiger partial charge in [0, 0.05) is 11.3 Å². The number of nitrogens with zero attached hydrogens (tertiary/aromatic N) is 1. The Hall–Kier alpha value is -2.35. The van der Waals surface area contributed by atoms with E-state index in [1.165, 1.54) is 0 Å². The number of hydrogen-bond donors (Lipinski definition) is 0. The highest BCUT2D eigenvalue weighted by Gasteiger charge is 2.28. The summed E-state index contributed by atoms with van der Waals surface area (Å²) in [5.41, 5.74) is 3.60. The summed E-state index contributed by atoms with van der Waals surface area (Å²) in [7, 11) is 0. The molecule has 0 aromatic heterocycles. The van der Waals surface area contributed by atoms with Crippen molar-refractivity contribution in [1.82, 2.24) is 4.90 Å². The summed E-state index contributed by atoms with van der Waals surface area (Å²) in [4.78, 5) is 14.0. The second-order valence-corrected chi connectivity index (χ2v) is 4.36. The predicted octanol–water partition coefficient (Wildman–Crippen LogP) is 3.31. The molecule has 1 amide bonds. The highest BCUT2D eigenvalue weighted by Crippen LogP contribution is 2.29. The fourth-order valence-electron chi connectivity index (χ4n) is 2.26. The lowest BCUT2D eigenvalue weighted by atomic mass is 10.1. The molecule has 0 saturated heterocycles. The van der Waals surface area contributed by atoms with Crippen LogP contribution in [0.5, 0.6) is 0 Å². The number of rotatable bonds is 2. The average Bonchev–Trinajstić information content (AvgIpc) is 2.77. The van der Waals surface area contributed by atoms with Crippen LogP contribution < -0.4 is 0 Å². The van der Waals surface area contributed by atoms with Gasteiger partial charge >= 0.3 is 0 Å². The van der Waals surface area contributed by atoms with Crippen molar-refractivity contribution in [3.8, 4) is 0 Å². The van der Waals surface area contributed by atoms with E-state index in [1.54, 1.807) is 4.90 Å². The van der Waals surface area contributed by atoms with Gasteiger partial charge in [-0.3, -0.25) is 4.79 Å². The van der Waals surface area contributed by atoms with Crippen molar-refractivity contribution in [1.29, 1.82) is 0 Å². The van der Waals surface area contributed by atoms with Gasteiger partial charge in [0.05, 0.1) is 6.54 Å². The molecule has 1 heterocycles. The summed E-state index contributed by atoms with van der Waals surface area (Å²) >= 11 is 0. The first-order valence-electron chi connectivity index (χ1n) is 5.91. The smallest absolute Gasteiger partial charge is 0.258 e. The molecule has 88 valence electrons. The largest absolute Gasteiger partial charge is 0.304 e. The quantitative estimate of drug-likeness (QED) is 0.782. The van der Waals surface area contributed by atoms with Crippen LogP contribution in [0, 0.1) is 0 Å². The normalized spacial score (nSPS) is 13.6. The van der Waals surface area contributed by atoms with E-state index < -0.39 is 0 Å². The first kappa shape index (κ1) is 10.8. The molecule has 0 unspecified atom stereocenters. The molecule has 2 nitrogen and oxygen atoms in total. The SMILES string of the molecule is C=C(c1ccccc1)N1Cc2ccccc2C1=O. The Labute approximate surface area is 106 Å². The van der Waals surface area contributed by atoms with E-state index in [-0.39, 0.29) is 5.91 Å². The number of carbonyl (C=O) groups is 1. The molecule has 1 aliphatic heterocycles. The topological polar surface area (TPSA) is 20.3 Å².